The maximum absolute atomic E-state index is 5.09. The molecule has 222 valence electrons. The van der Waals surface area contributed by atoms with Crippen LogP contribution in [0.5, 0.6) is 0 Å². The van der Waals surface area contributed by atoms with Crippen LogP contribution in [-0.4, -0.2) is 81.9 Å². The Kier molecular flexibility index (Phi) is 9.61. The first-order valence-corrected chi connectivity index (χ1v) is 15.4. The average molecular weight is 593 g/mol. The SMILES string of the molecule is Cl.c1ccc(CN2CCN(Cc3ccc4nc5ccc(CN6CCN(Cc7ccccc7)CC6)cc5nc4c3)CC2)cc1. The topological polar surface area (TPSA) is 38.7 Å². The van der Waals surface area contributed by atoms with E-state index in [0.29, 0.717) is 0 Å². The van der Waals surface area contributed by atoms with Crippen molar-refractivity contribution in [2.45, 2.75) is 26.2 Å². The van der Waals surface area contributed by atoms with Gasteiger partial charge in [0.1, 0.15) is 0 Å². The van der Waals surface area contributed by atoms with Gasteiger partial charge in [0.05, 0.1) is 22.1 Å². The Balaban J connectivity index is 0.00000329. The molecule has 7 rings (SSSR count). The second kappa shape index (κ2) is 13.9. The van der Waals surface area contributed by atoms with Crippen LogP contribution < -0.4 is 0 Å². The number of nitrogens with zero attached hydrogens (tertiary/aromatic N) is 6. The van der Waals surface area contributed by atoms with E-state index in [2.05, 4.69) is 117 Å². The molecule has 0 saturated carbocycles. The summed E-state index contributed by atoms with van der Waals surface area (Å²) < 4.78 is 0. The molecule has 0 radical (unpaired) electrons. The Morgan fingerprint density at radius 2 is 0.698 bits per heavy atom. The van der Waals surface area contributed by atoms with Crippen molar-refractivity contribution < 1.29 is 0 Å². The molecule has 4 aromatic carbocycles. The fourth-order valence-corrected chi connectivity index (χ4v) is 6.37. The van der Waals surface area contributed by atoms with E-state index in [0.717, 1.165) is 101 Å². The molecule has 0 unspecified atom stereocenters. The lowest BCUT2D eigenvalue weighted by Crippen LogP contribution is -2.45. The highest BCUT2D eigenvalue weighted by Gasteiger charge is 2.19. The zero-order valence-electron chi connectivity index (χ0n) is 24.8. The highest BCUT2D eigenvalue weighted by Crippen LogP contribution is 2.21. The van der Waals surface area contributed by atoms with Gasteiger partial charge in [0.2, 0.25) is 0 Å². The summed E-state index contributed by atoms with van der Waals surface area (Å²) in [4.78, 5) is 20.3. The highest BCUT2D eigenvalue weighted by atomic mass is 35.5. The summed E-state index contributed by atoms with van der Waals surface area (Å²) in [5, 5.41) is 0. The van der Waals surface area contributed by atoms with E-state index in [-0.39, 0.29) is 12.4 Å². The summed E-state index contributed by atoms with van der Waals surface area (Å²) in [6.07, 6.45) is 0. The fourth-order valence-electron chi connectivity index (χ4n) is 6.37. The fraction of sp³-hybridized carbons (Fsp3) is 0.333. The first kappa shape index (κ1) is 29.7. The lowest BCUT2D eigenvalue weighted by Gasteiger charge is -2.34. The van der Waals surface area contributed by atoms with E-state index in [1.807, 2.05) is 0 Å². The lowest BCUT2D eigenvalue weighted by molar-refractivity contribution is 0.122. The summed E-state index contributed by atoms with van der Waals surface area (Å²) >= 11 is 0. The van der Waals surface area contributed by atoms with Crippen molar-refractivity contribution in [1.82, 2.24) is 29.6 Å². The van der Waals surface area contributed by atoms with Gasteiger partial charge in [0.25, 0.3) is 0 Å². The van der Waals surface area contributed by atoms with Gasteiger partial charge in [-0.2, -0.15) is 0 Å². The predicted octanol–water partition coefficient (Wildman–Crippen LogP) is 5.84. The molecule has 5 aromatic rings. The smallest absolute Gasteiger partial charge is 0.0897 e. The third-order valence-electron chi connectivity index (χ3n) is 8.80. The molecule has 0 bridgehead atoms. The van der Waals surface area contributed by atoms with Crippen molar-refractivity contribution >= 4 is 34.5 Å². The molecule has 0 amide bonds. The zero-order valence-corrected chi connectivity index (χ0v) is 25.6. The predicted molar refractivity (Wildman–Crippen MR) is 178 cm³/mol. The van der Waals surface area contributed by atoms with Crippen LogP contribution in [0.1, 0.15) is 22.3 Å². The second-order valence-corrected chi connectivity index (χ2v) is 11.9. The van der Waals surface area contributed by atoms with Gasteiger partial charge in [-0.3, -0.25) is 19.6 Å². The number of hydrogen-bond acceptors (Lipinski definition) is 6. The maximum Gasteiger partial charge on any atom is 0.0897 e. The number of benzene rings is 4. The summed E-state index contributed by atoms with van der Waals surface area (Å²) in [6.45, 7) is 12.8. The molecular formula is C36H41ClN6. The quantitative estimate of drug-likeness (QED) is 0.211. The van der Waals surface area contributed by atoms with E-state index < -0.39 is 0 Å². The minimum Gasteiger partial charge on any atom is -0.297 e. The molecule has 0 atom stereocenters. The van der Waals surface area contributed by atoms with Crippen LogP contribution in [-0.2, 0) is 26.2 Å². The Bertz CT molecular complexity index is 1490. The van der Waals surface area contributed by atoms with Crippen molar-refractivity contribution in [3.8, 4) is 0 Å². The number of fused-ring (bicyclic) bond motifs is 2. The molecule has 2 aliphatic rings. The molecule has 0 spiro atoms. The largest absolute Gasteiger partial charge is 0.297 e. The van der Waals surface area contributed by atoms with E-state index in [1.54, 1.807) is 0 Å². The third-order valence-corrected chi connectivity index (χ3v) is 8.80. The molecule has 1 aromatic heterocycles. The summed E-state index contributed by atoms with van der Waals surface area (Å²) in [5.74, 6) is 0. The van der Waals surface area contributed by atoms with Crippen LogP contribution in [0.4, 0.5) is 0 Å². The minimum absolute atomic E-state index is 0. The molecule has 6 nitrogen and oxygen atoms in total. The molecule has 2 fully saturated rings. The zero-order chi connectivity index (χ0) is 28.1. The molecule has 3 heterocycles. The van der Waals surface area contributed by atoms with Gasteiger partial charge in [-0.05, 0) is 46.5 Å². The molecule has 2 saturated heterocycles. The van der Waals surface area contributed by atoms with Crippen LogP contribution in [0.25, 0.3) is 22.1 Å². The van der Waals surface area contributed by atoms with E-state index in [4.69, 9.17) is 9.97 Å². The van der Waals surface area contributed by atoms with Crippen molar-refractivity contribution in [1.29, 1.82) is 0 Å². The van der Waals surface area contributed by atoms with Crippen LogP contribution in [0, 0.1) is 0 Å². The Morgan fingerprint density at radius 3 is 1.07 bits per heavy atom. The van der Waals surface area contributed by atoms with Crippen LogP contribution in [0.15, 0.2) is 97.1 Å². The summed E-state index contributed by atoms with van der Waals surface area (Å²) in [7, 11) is 0. The highest BCUT2D eigenvalue weighted by molar-refractivity contribution is 5.86. The molecule has 0 aliphatic carbocycles. The van der Waals surface area contributed by atoms with Gasteiger partial charge < -0.3 is 0 Å². The van der Waals surface area contributed by atoms with E-state index >= 15 is 0 Å². The monoisotopic (exact) mass is 592 g/mol. The molecule has 7 heteroatoms. The Hall–Kier alpha value is -3.39. The van der Waals surface area contributed by atoms with Crippen molar-refractivity contribution in [2.75, 3.05) is 52.4 Å². The molecule has 0 N–H and O–H groups in total. The maximum atomic E-state index is 5.09. The Morgan fingerprint density at radius 1 is 0.372 bits per heavy atom. The first-order chi connectivity index (χ1) is 20.7. The first-order valence-electron chi connectivity index (χ1n) is 15.4. The number of hydrogen-bond donors (Lipinski definition) is 0. The van der Waals surface area contributed by atoms with Gasteiger partial charge in [0.15, 0.2) is 0 Å². The number of aromatic nitrogens is 2. The van der Waals surface area contributed by atoms with Gasteiger partial charge in [0, 0.05) is 78.5 Å². The molecule has 43 heavy (non-hydrogen) atoms. The number of halogens is 1. The van der Waals surface area contributed by atoms with Crippen molar-refractivity contribution in [2.24, 2.45) is 0 Å². The van der Waals surface area contributed by atoms with Crippen LogP contribution in [0.2, 0.25) is 0 Å². The molecule has 2 aliphatic heterocycles. The standard InChI is InChI=1S/C36H40N6.ClH/c1-3-7-29(8-4-1)25-39-15-19-41(20-16-39)27-31-11-13-33-35(23-31)38-36-24-32(12-14-34(36)37-33)28-42-21-17-40(18-22-42)26-30-9-5-2-6-10-30;/h1-14,23-24H,15-22,25-28H2;1H. The van der Waals surface area contributed by atoms with E-state index in [1.165, 1.54) is 22.3 Å². The summed E-state index contributed by atoms with van der Waals surface area (Å²) in [6, 6.07) is 34.8. The third kappa shape index (κ3) is 7.58. The number of rotatable bonds is 8. The van der Waals surface area contributed by atoms with Gasteiger partial charge >= 0.3 is 0 Å². The van der Waals surface area contributed by atoms with Crippen LogP contribution >= 0.6 is 12.4 Å². The average Bonchev–Trinajstić information content (AvgIpc) is 3.03. The Labute approximate surface area is 261 Å². The second-order valence-electron chi connectivity index (χ2n) is 11.9. The van der Waals surface area contributed by atoms with E-state index in [9.17, 15) is 0 Å². The van der Waals surface area contributed by atoms with Gasteiger partial charge in [-0.25, -0.2) is 9.97 Å². The lowest BCUT2D eigenvalue weighted by atomic mass is 10.1. The van der Waals surface area contributed by atoms with Gasteiger partial charge in [-0.1, -0.05) is 72.8 Å². The van der Waals surface area contributed by atoms with Gasteiger partial charge in [-0.15, -0.1) is 12.4 Å². The normalized spacial score (nSPS) is 17.3. The number of piperazine rings is 2. The van der Waals surface area contributed by atoms with Crippen molar-refractivity contribution in [3.63, 3.8) is 0 Å². The molecular weight excluding hydrogens is 552 g/mol. The summed E-state index contributed by atoms with van der Waals surface area (Å²) in [5.41, 5.74) is 9.37. The van der Waals surface area contributed by atoms with Crippen molar-refractivity contribution in [3.05, 3.63) is 119 Å². The van der Waals surface area contributed by atoms with Crippen LogP contribution in [0.3, 0.4) is 0 Å². The minimum atomic E-state index is 0.